The summed E-state index contributed by atoms with van der Waals surface area (Å²) in [6.07, 6.45) is 0.402. The molecule has 4 nitrogen and oxygen atoms in total. The van der Waals surface area contributed by atoms with Crippen LogP contribution < -0.4 is 10.2 Å². The number of para-hydroxylation sites is 2. The van der Waals surface area contributed by atoms with Crippen molar-refractivity contribution in [2.75, 3.05) is 22.5 Å². The van der Waals surface area contributed by atoms with Crippen LogP contribution in [0, 0.1) is 13.8 Å². The number of fused-ring (bicyclic) bond motifs is 1. The molecule has 0 bridgehead atoms. The van der Waals surface area contributed by atoms with Crippen molar-refractivity contribution < 1.29 is 9.59 Å². The molecule has 1 aliphatic rings. The highest BCUT2D eigenvalue weighted by Gasteiger charge is 2.26. The van der Waals surface area contributed by atoms with Gasteiger partial charge in [-0.25, -0.2) is 0 Å². The highest BCUT2D eigenvalue weighted by molar-refractivity contribution is 7.99. The molecule has 0 atom stereocenters. The topological polar surface area (TPSA) is 49.4 Å². The molecule has 0 unspecified atom stereocenters. The molecule has 2 aromatic rings. The summed E-state index contributed by atoms with van der Waals surface area (Å²) in [5.41, 5.74) is 4.00. The van der Waals surface area contributed by atoms with Crippen LogP contribution >= 0.6 is 11.8 Å². The Kier molecular flexibility index (Phi) is 4.90. The SMILES string of the molecule is Cc1ccc(SCCC(=O)N2CC(=O)Nc3ccccc32)cc1C. The summed E-state index contributed by atoms with van der Waals surface area (Å²) in [7, 11) is 0. The number of benzene rings is 2. The van der Waals surface area contributed by atoms with Crippen molar-refractivity contribution in [3.63, 3.8) is 0 Å². The minimum absolute atomic E-state index is 0.0198. The van der Waals surface area contributed by atoms with E-state index >= 15 is 0 Å². The molecular formula is C19H20N2O2S. The summed E-state index contributed by atoms with van der Waals surface area (Å²) in [4.78, 5) is 27.1. The first-order valence-electron chi connectivity index (χ1n) is 7.94. The van der Waals surface area contributed by atoms with Crippen molar-refractivity contribution in [1.29, 1.82) is 0 Å². The molecular weight excluding hydrogens is 320 g/mol. The fourth-order valence-corrected chi connectivity index (χ4v) is 3.59. The third-order valence-electron chi connectivity index (χ3n) is 4.13. The van der Waals surface area contributed by atoms with Crippen LogP contribution in [0.1, 0.15) is 17.5 Å². The van der Waals surface area contributed by atoms with Crippen molar-refractivity contribution >= 4 is 35.0 Å². The highest BCUT2D eigenvalue weighted by atomic mass is 32.2. The van der Waals surface area contributed by atoms with Gasteiger partial charge in [0.1, 0.15) is 6.54 Å². The van der Waals surface area contributed by atoms with Crippen LogP contribution in [0.4, 0.5) is 11.4 Å². The number of anilines is 2. The van der Waals surface area contributed by atoms with E-state index in [1.165, 1.54) is 16.0 Å². The second kappa shape index (κ2) is 7.09. The molecule has 0 saturated heterocycles. The van der Waals surface area contributed by atoms with Crippen LogP contribution in [0.5, 0.6) is 0 Å². The van der Waals surface area contributed by atoms with Crippen LogP contribution in [0.2, 0.25) is 0 Å². The van der Waals surface area contributed by atoms with E-state index in [0.29, 0.717) is 17.9 Å². The Morgan fingerprint density at radius 2 is 1.96 bits per heavy atom. The standard InChI is InChI=1S/C19H20N2O2S/c1-13-7-8-15(11-14(13)2)24-10-9-19(23)21-12-18(22)20-16-5-3-4-6-17(16)21/h3-8,11H,9-10,12H2,1-2H3,(H,20,22). The molecule has 0 saturated carbocycles. The summed E-state index contributed by atoms with van der Waals surface area (Å²) in [6.45, 7) is 4.27. The summed E-state index contributed by atoms with van der Waals surface area (Å²) in [5, 5.41) is 2.80. The van der Waals surface area contributed by atoms with Gasteiger partial charge in [0.05, 0.1) is 11.4 Å². The van der Waals surface area contributed by atoms with E-state index in [1.807, 2.05) is 24.3 Å². The second-order valence-corrected chi connectivity index (χ2v) is 7.06. The van der Waals surface area contributed by atoms with Gasteiger partial charge in [-0.05, 0) is 49.2 Å². The van der Waals surface area contributed by atoms with Crippen molar-refractivity contribution in [2.24, 2.45) is 0 Å². The van der Waals surface area contributed by atoms with E-state index in [-0.39, 0.29) is 18.4 Å². The fraction of sp³-hybridized carbons (Fsp3) is 0.263. The van der Waals surface area contributed by atoms with Gasteiger partial charge in [0.25, 0.3) is 0 Å². The first kappa shape index (κ1) is 16.6. The maximum Gasteiger partial charge on any atom is 0.244 e. The zero-order chi connectivity index (χ0) is 17.1. The Morgan fingerprint density at radius 3 is 2.75 bits per heavy atom. The lowest BCUT2D eigenvalue weighted by Crippen LogP contribution is -2.42. The van der Waals surface area contributed by atoms with E-state index in [2.05, 4.69) is 37.4 Å². The Labute approximate surface area is 146 Å². The predicted octanol–water partition coefficient (Wildman–Crippen LogP) is 3.77. The van der Waals surface area contributed by atoms with Gasteiger partial charge in [0.15, 0.2) is 0 Å². The zero-order valence-corrected chi connectivity index (χ0v) is 14.7. The lowest BCUT2D eigenvalue weighted by atomic mass is 10.1. The zero-order valence-electron chi connectivity index (χ0n) is 13.8. The minimum atomic E-state index is -0.149. The van der Waals surface area contributed by atoms with Gasteiger partial charge in [0, 0.05) is 17.1 Å². The average Bonchev–Trinajstić information content (AvgIpc) is 2.57. The van der Waals surface area contributed by atoms with E-state index in [1.54, 1.807) is 16.7 Å². The van der Waals surface area contributed by atoms with Crippen LogP contribution in [-0.2, 0) is 9.59 Å². The molecule has 124 valence electrons. The van der Waals surface area contributed by atoms with Crippen molar-refractivity contribution in [2.45, 2.75) is 25.2 Å². The number of thioether (sulfide) groups is 1. The third kappa shape index (κ3) is 3.62. The Morgan fingerprint density at radius 1 is 1.17 bits per heavy atom. The third-order valence-corrected chi connectivity index (χ3v) is 5.13. The Hall–Kier alpha value is -2.27. The Balaban J connectivity index is 1.63. The fourth-order valence-electron chi connectivity index (χ4n) is 2.65. The summed E-state index contributed by atoms with van der Waals surface area (Å²) < 4.78 is 0. The monoisotopic (exact) mass is 340 g/mol. The van der Waals surface area contributed by atoms with Gasteiger partial charge < -0.3 is 10.2 Å². The van der Waals surface area contributed by atoms with Gasteiger partial charge >= 0.3 is 0 Å². The second-order valence-electron chi connectivity index (χ2n) is 5.89. The van der Waals surface area contributed by atoms with Crippen LogP contribution in [0.15, 0.2) is 47.4 Å². The summed E-state index contributed by atoms with van der Waals surface area (Å²) in [6, 6.07) is 13.7. The summed E-state index contributed by atoms with van der Waals surface area (Å²) in [5.74, 6) is 0.527. The van der Waals surface area contributed by atoms with Crippen molar-refractivity contribution in [1.82, 2.24) is 0 Å². The molecule has 2 amide bonds. The van der Waals surface area contributed by atoms with E-state index in [9.17, 15) is 9.59 Å². The number of carbonyl (C=O) groups excluding carboxylic acids is 2. The summed E-state index contributed by atoms with van der Waals surface area (Å²) >= 11 is 1.67. The highest BCUT2D eigenvalue weighted by Crippen LogP contribution is 2.30. The number of nitrogens with one attached hydrogen (secondary N) is 1. The first-order chi connectivity index (χ1) is 11.5. The van der Waals surface area contributed by atoms with Crippen molar-refractivity contribution in [3.05, 3.63) is 53.6 Å². The minimum Gasteiger partial charge on any atom is -0.323 e. The maximum absolute atomic E-state index is 12.6. The molecule has 0 aromatic heterocycles. The Bertz CT molecular complexity index is 789. The lowest BCUT2D eigenvalue weighted by molar-refractivity contribution is -0.121. The van der Waals surface area contributed by atoms with Gasteiger partial charge in [-0.3, -0.25) is 9.59 Å². The quantitative estimate of drug-likeness (QED) is 0.862. The molecule has 2 aromatic carbocycles. The molecule has 1 heterocycles. The van der Waals surface area contributed by atoms with E-state index < -0.39 is 0 Å². The van der Waals surface area contributed by atoms with Gasteiger partial charge in [0.2, 0.25) is 11.8 Å². The lowest BCUT2D eigenvalue weighted by Gasteiger charge is -2.29. The number of amides is 2. The largest absolute Gasteiger partial charge is 0.323 e. The number of nitrogens with zero attached hydrogens (tertiary/aromatic N) is 1. The van der Waals surface area contributed by atoms with Gasteiger partial charge in [-0.2, -0.15) is 0 Å². The predicted molar refractivity (Wildman–Crippen MR) is 98.7 cm³/mol. The van der Waals surface area contributed by atoms with Crippen LogP contribution in [-0.4, -0.2) is 24.1 Å². The molecule has 0 spiro atoms. The molecule has 3 rings (SSSR count). The molecule has 0 radical (unpaired) electrons. The maximum atomic E-state index is 12.6. The van der Waals surface area contributed by atoms with Crippen LogP contribution in [0.25, 0.3) is 0 Å². The number of hydrogen-bond acceptors (Lipinski definition) is 3. The van der Waals surface area contributed by atoms with E-state index in [4.69, 9.17) is 0 Å². The molecule has 1 N–H and O–H groups in total. The average molecular weight is 340 g/mol. The van der Waals surface area contributed by atoms with Gasteiger partial charge in [-0.1, -0.05) is 18.2 Å². The molecule has 0 aliphatic carbocycles. The smallest absolute Gasteiger partial charge is 0.244 e. The number of aryl methyl sites for hydroxylation is 2. The van der Waals surface area contributed by atoms with Gasteiger partial charge in [-0.15, -0.1) is 11.8 Å². The number of hydrogen-bond donors (Lipinski definition) is 1. The first-order valence-corrected chi connectivity index (χ1v) is 8.92. The molecule has 5 heteroatoms. The normalized spacial score (nSPS) is 13.4. The van der Waals surface area contributed by atoms with Crippen molar-refractivity contribution in [3.8, 4) is 0 Å². The molecule has 0 fully saturated rings. The molecule has 24 heavy (non-hydrogen) atoms. The number of rotatable bonds is 4. The van der Waals surface area contributed by atoms with E-state index in [0.717, 1.165) is 5.69 Å². The molecule has 1 aliphatic heterocycles. The number of carbonyl (C=O) groups is 2. The van der Waals surface area contributed by atoms with Crippen LogP contribution in [0.3, 0.4) is 0 Å².